The van der Waals surface area contributed by atoms with Gasteiger partial charge in [-0.2, -0.15) is 0 Å². The van der Waals surface area contributed by atoms with Gasteiger partial charge < -0.3 is 4.74 Å². The first kappa shape index (κ1) is 17.7. The van der Waals surface area contributed by atoms with Crippen LogP contribution in [0.3, 0.4) is 0 Å². The van der Waals surface area contributed by atoms with Gasteiger partial charge in [0.1, 0.15) is 10.6 Å². The van der Waals surface area contributed by atoms with Crippen LogP contribution in [0.4, 0.5) is 18.9 Å². The Labute approximate surface area is 139 Å². The van der Waals surface area contributed by atoms with Crippen LogP contribution in [0.15, 0.2) is 47.4 Å². The molecule has 10 heteroatoms. The highest BCUT2D eigenvalue weighted by Gasteiger charge is 2.31. The molecular weight excluding hydrogens is 378 g/mol. The fourth-order valence-electron chi connectivity index (χ4n) is 1.65. The Kier molecular flexibility index (Phi) is 4.98. The van der Waals surface area contributed by atoms with Crippen LogP contribution in [0.2, 0.25) is 10.0 Å². The second-order valence-corrected chi connectivity index (χ2v) is 6.75. The maximum Gasteiger partial charge on any atom is 0.573 e. The van der Waals surface area contributed by atoms with Crippen molar-refractivity contribution in [1.29, 1.82) is 0 Å². The molecule has 0 saturated carbocycles. The summed E-state index contributed by atoms with van der Waals surface area (Å²) in [6.45, 7) is 0. The summed E-state index contributed by atoms with van der Waals surface area (Å²) in [5.41, 5.74) is -0.122. The van der Waals surface area contributed by atoms with E-state index in [2.05, 4.69) is 9.46 Å². The van der Waals surface area contributed by atoms with Crippen molar-refractivity contribution in [3.63, 3.8) is 0 Å². The van der Waals surface area contributed by atoms with E-state index in [1.54, 1.807) is 0 Å². The lowest BCUT2D eigenvalue weighted by atomic mass is 10.3. The van der Waals surface area contributed by atoms with E-state index in [0.717, 1.165) is 18.2 Å². The molecule has 4 nitrogen and oxygen atoms in total. The third-order valence-electron chi connectivity index (χ3n) is 2.50. The van der Waals surface area contributed by atoms with Crippen molar-refractivity contribution in [3.8, 4) is 5.75 Å². The minimum absolute atomic E-state index is 0.0791. The molecule has 0 saturated heterocycles. The molecule has 1 N–H and O–H groups in total. The highest BCUT2D eigenvalue weighted by Crippen LogP contribution is 2.29. The minimum Gasteiger partial charge on any atom is -0.406 e. The Balaban J connectivity index is 2.31. The first-order valence-corrected chi connectivity index (χ1v) is 8.14. The van der Waals surface area contributed by atoms with Crippen LogP contribution in [0.25, 0.3) is 0 Å². The van der Waals surface area contributed by atoms with Crippen molar-refractivity contribution in [1.82, 2.24) is 0 Å². The van der Waals surface area contributed by atoms with Crippen LogP contribution in [-0.2, 0) is 10.0 Å². The van der Waals surface area contributed by atoms with Crippen LogP contribution in [-0.4, -0.2) is 14.8 Å². The summed E-state index contributed by atoms with van der Waals surface area (Å²) in [5, 5.41) is 0.0635. The average Bonchev–Trinajstić information content (AvgIpc) is 2.39. The quantitative estimate of drug-likeness (QED) is 0.830. The molecule has 23 heavy (non-hydrogen) atoms. The first-order valence-electron chi connectivity index (χ1n) is 5.90. The number of halogens is 5. The van der Waals surface area contributed by atoms with Crippen LogP contribution in [0.5, 0.6) is 5.75 Å². The Bertz CT molecular complexity index is 825. The van der Waals surface area contributed by atoms with Crippen LogP contribution in [0, 0.1) is 0 Å². The normalized spacial score (nSPS) is 12.0. The number of rotatable bonds is 4. The molecule has 0 fully saturated rings. The number of anilines is 1. The summed E-state index contributed by atoms with van der Waals surface area (Å²) in [7, 11) is -4.13. The topological polar surface area (TPSA) is 55.4 Å². The van der Waals surface area contributed by atoms with Gasteiger partial charge in [0.05, 0.1) is 10.7 Å². The summed E-state index contributed by atoms with van der Waals surface area (Å²) in [6, 6.07) is 8.23. The molecule has 0 atom stereocenters. The van der Waals surface area contributed by atoms with Gasteiger partial charge in [-0.05, 0) is 30.3 Å². The highest BCUT2D eigenvalue weighted by atomic mass is 35.5. The van der Waals surface area contributed by atoms with Crippen molar-refractivity contribution in [3.05, 3.63) is 52.5 Å². The van der Waals surface area contributed by atoms with Gasteiger partial charge in [0.2, 0.25) is 0 Å². The van der Waals surface area contributed by atoms with Gasteiger partial charge in [-0.25, -0.2) is 8.42 Å². The van der Waals surface area contributed by atoms with Crippen molar-refractivity contribution in [2.24, 2.45) is 0 Å². The zero-order valence-electron chi connectivity index (χ0n) is 11.1. The molecule has 0 heterocycles. The standard InChI is InChI=1S/C13H8Cl2F3NO3S/c14-8-4-5-11(15)12(6-8)23(20,21)19-9-2-1-3-10(7-9)22-13(16,17)18/h1-7,19H. The fraction of sp³-hybridized carbons (Fsp3) is 0.0769. The molecule has 0 aliphatic heterocycles. The van der Waals surface area contributed by atoms with Gasteiger partial charge in [0.25, 0.3) is 10.0 Å². The molecule has 2 aromatic carbocycles. The number of ether oxygens (including phenoxy) is 1. The van der Waals surface area contributed by atoms with E-state index in [-0.39, 0.29) is 20.6 Å². The molecule has 0 unspecified atom stereocenters. The van der Waals surface area contributed by atoms with E-state index < -0.39 is 22.1 Å². The van der Waals surface area contributed by atoms with Gasteiger partial charge in [0, 0.05) is 11.1 Å². The third kappa shape index (κ3) is 4.92. The molecule has 2 rings (SSSR count). The van der Waals surface area contributed by atoms with E-state index >= 15 is 0 Å². The summed E-state index contributed by atoms with van der Waals surface area (Å²) in [6.07, 6.45) is -4.88. The largest absolute Gasteiger partial charge is 0.573 e. The van der Waals surface area contributed by atoms with Gasteiger partial charge in [-0.15, -0.1) is 13.2 Å². The van der Waals surface area contributed by atoms with Gasteiger partial charge in [-0.1, -0.05) is 29.3 Å². The van der Waals surface area contributed by atoms with Crippen molar-refractivity contribution < 1.29 is 26.3 Å². The zero-order chi connectivity index (χ0) is 17.3. The molecule has 0 aliphatic rings. The Morgan fingerprint density at radius 3 is 2.39 bits per heavy atom. The minimum atomic E-state index is -4.88. The van der Waals surface area contributed by atoms with Crippen molar-refractivity contribution >= 4 is 38.9 Å². The SMILES string of the molecule is O=S(=O)(Nc1cccc(OC(F)(F)F)c1)c1cc(Cl)ccc1Cl. The number of nitrogens with one attached hydrogen (secondary N) is 1. The predicted molar refractivity (Wildman–Crippen MR) is 80.4 cm³/mol. The lowest BCUT2D eigenvalue weighted by Crippen LogP contribution is -2.17. The number of hydrogen-bond donors (Lipinski definition) is 1. The van der Waals surface area contributed by atoms with Crippen LogP contribution in [0.1, 0.15) is 0 Å². The second kappa shape index (κ2) is 6.46. The van der Waals surface area contributed by atoms with Crippen molar-refractivity contribution in [2.45, 2.75) is 11.3 Å². The summed E-state index contributed by atoms with van der Waals surface area (Å²) in [5.74, 6) is -0.560. The lowest BCUT2D eigenvalue weighted by Gasteiger charge is -2.12. The molecule has 0 bridgehead atoms. The van der Waals surface area contributed by atoms with E-state index in [4.69, 9.17) is 23.2 Å². The maximum absolute atomic E-state index is 12.3. The Hall–Kier alpha value is -1.64. The molecule has 0 aromatic heterocycles. The van der Waals surface area contributed by atoms with Crippen molar-refractivity contribution in [2.75, 3.05) is 4.72 Å². The Morgan fingerprint density at radius 1 is 1.04 bits per heavy atom. The summed E-state index contributed by atoms with van der Waals surface area (Å²) < 4.78 is 66.9. The fourth-order valence-corrected chi connectivity index (χ4v) is 3.46. The number of benzene rings is 2. The van der Waals surface area contributed by atoms with Crippen LogP contribution >= 0.6 is 23.2 Å². The zero-order valence-corrected chi connectivity index (χ0v) is 13.4. The van der Waals surface area contributed by atoms with Gasteiger partial charge in [0.15, 0.2) is 0 Å². The molecule has 0 radical (unpaired) electrons. The molecule has 124 valence electrons. The third-order valence-corrected chi connectivity index (χ3v) is 4.60. The maximum atomic E-state index is 12.3. The second-order valence-electron chi connectivity index (χ2n) is 4.26. The lowest BCUT2D eigenvalue weighted by molar-refractivity contribution is -0.274. The Morgan fingerprint density at radius 2 is 1.74 bits per heavy atom. The number of alkyl halides is 3. The molecular formula is C13H8Cl2F3NO3S. The highest BCUT2D eigenvalue weighted by molar-refractivity contribution is 7.92. The van der Waals surface area contributed by atoms with Gasteiger partial charge in [-0.3, -0.25) is 4.72 Å². The molecule has 0 amide bonds. The smallest absolute Gasteiger partial charge is 0.406 e. The number of sulfonamides is 1. The number of hydrogen-bond acceptors (Lipinski definition) is 3. The van der Waals surface area contributed by atoms with E-state index in [1.807, 2.05) is 0 Å². The van der Waals surface area contributed by atoms with E-state index in [0.29, 0.717) is 0 Å². The average molecular weight is 386 g/mol. The van der Waals surface area contributed by atoms with E-state index in [1.165, 1.54) is 24.3 Å². The summed E-state index contributed by atoms with van der Waals surface area (Å²) in [4.78, 5) is -0.297. The molecule has 0 aliphatic carbocycles. The monoisotopic (exact) mass is 385 g/mol. The molecule has 0 spiro atoms. The molecule has 2 aromatic rings. The van der Waals surface area contributed by atoms with Gasteiger partial charge >= 0.3 is 6.36 Å². The van der Waals surface area contributed by atoms with E-state index in [9.17, 15) is 21.6 Å². The summed E-state index contributed by atoms with van der Waals surface area (Å²) >= 11 is 11.5. The predicted octanol–water partition coefficient (Wildman–Crippen LogP) is 4.69. The van der Waals surface area contributed by atoms with Crippen LogP contribution < -0.4 is 9.46 Å². The first-order chi connectivity index (χ1) is 10.6.